The minimum atomic E-state index is -0.312. The van der Waals surface area contributed by atoms with Crippen molar-refractivity contribution in [3.63, 3.8) is 0 Å². The number of esters is 1. The number of benzene rings is 1. The number of carbonyl (C=O) groups excluding carboxylic acids is 2. The van der Waals surface area contributed by atoms with E-state index in [2.05, 4.69) is 10.1 Å². The highest BCUT2D eigenvalue weighted by molar-refractivity contribution is 5.96. The summed E-state index contributed by atoms with van der Waals surface area (Å²) in [6.45, 7) is 5.82. The summed E-state index contributed by atoms with van der Waals surface area (Å²) in [5.41, 5.74) is 2.70. The van der Waals surface area contributed by atoms with Gasteiger partial charge in [-0.25, -0.2) is 0 Å². The van der Waals surface area contributed by atoms with E-state index in [4.69, 9.17) is 0 Å². The molecule has 0 fully saturated rings. The fourth-order valence-corrected chi connectivity index (χ4v) is 1.91. The SMILES string of the molecule is CCC(CC(=O)OC)NC(=O)c1ccc(C)cc1C. The molecule has 0 aromatic heterocycles. The summed E-state index contributed by atoms with van der Waals surface area (Å²) in [7, 11) is 1.35. The predicted octanol–water partition coefficient (Wildman–Crippen LogP) is 2.37. The first kappa shape index (κ1) is 15.2. The normalized spacial score (nSPS) is 11.8. The second-order valence-corrected chi connectivity index (χ2v) is 4.68. The number of ether oxygens (including phenoxy) is 1. The van der Waals surface area contributed by atoms with Crippen LogP contribution in [0.1, 0.15) is 41.3 Å². The molecule has 1 amide bonds. The van der Waals surface area contributed by atoms with E-state index in [1.165, 1.54) is 7.11 Å². The molecule has 1 rings (SSSR count). The zero-order valence-electron chi connectivity index (χ0n) is 11.9. The summed E-state index contributed by atoms with van der Waals surface area (Å²) in [5.74, 6) is -0.457. The maximum atomic E-state index is 12.2. The highest BCUT2D eigenvalue weighted by Crippen LogP contribution is 2.11. The van der Waals surface area contributed by atoms with Crippen LogP contribution in [-0.4, -0.2) is 25.0 Å². The lowest BCUT2D eigenvalue weighted by atomic mass is 10.0. The third kappa shape index (κ3) is 4.39. The minimum absolute atomic E-state index is 0.145. The molecule has 1 aromatic carbocycles. The smallest absolute Gasteiger partial charge is 0.307 e. The Labute approximate surface area is 114 Å². The number of carbonyl (C=O) groups is 2. The molecule has 1 atom stereocenters. The van der Waals surface area contributed by atoms with Crippen LogP contribution >= 0.6 is 0 Å². The van der Waals surface area contributed by atoms with Crippen molar-refractivity contribution >= 4 is 11.9 Å². The highest BCUT2D eigenvalue weighted by atomic mass is 16.5. The van der Waals surface area contributed by atoms with Crippen LogP contribution < -0.4 is 5.32 Å². The van der Waals surface area contributed by atoms with E-state index in [1.54, 1.807) is 0 Å². The number of rotatable bonds is 5. The first-order valence-electron chi connectivity index (χ1n) is 6.42. The van der Waals surface area contributed by atoms with E-state index >= 15 is 0 Å². The zero-order valence-corrected chi connectivity index (χ0v) is 11.9. The van der Waals surface area contributed by atoms with Gasteiger partial charge in [-0.15, -0.1) is 0 Å². The van der Waals surface area contributed by atoms with Crippen LogP contribution in [0.5, 0.6) is 0 Å². The molecule has 0 radical (unpaired) electrons. The Kier molecular flexibility index (Phi) is 5.55. The van der Waals surface area contributed by atoms with Crippen LogP contribution in [0.15, 0.2) is 18.2 Å². The minimum Gasteiger partial charge on any atom is -0.469 e. The number of nitrogens with one attached hydrogen (secondary N) is 1. The number of amides is 1. The van der Waals surface area contributed by atoms with Crippen LogP contribution in [-0.2, 0) is 9.53 Å². The van der Waals surface area contributed by atoms with Crippen LogP contribution in [0.3, 0.4) is 0 Å². The van der Waals surface area contributed by atoms with E-state index in [9.17, 15) is 9.59 Å². The van der Waals surface area contributed by atoms with E-state index in [0.717, 1.165) is 11.1 Å². The summed E-state index contributed by atoms with van der Waals surface area (Å²) in [6.07, 6.45) is 0.884. The number of hydrogen-bond acceptors (Lipinski definition) is 3. The van der Waals surface area contributed by atoms with E-state index in [0.29, 0.717) is 12.0 Å². The molecule has 0 aliphatic rings. The molecule has 4 heteroatoms. The van der Waals surface area contributed by atoms with Crippen molar-refractivity contribution in [3.05, 3.63) is 34.9 Å². The quantitative estimate of drug-likeness (QED) is 0.830. The Balaban J connectivity index is 2.74. The Morgan fingerprint density at radius 2 is 2.00 bits per heavy atom. The van der Waals surface area contributed by atoms with Crippen molar-refractivity contribution in [1.29, 1.82) is 0 Å². The highest BCUT2D eigenvalue weighted by Gasteiger charge is 2.17. The van der Waals surface area contributed by atoms with Gasteiger partial charge < -0.3 is 10.1 Å². The van der Waals surface area contributed by atoms with Crippen molar-refractivity contribution in [1.82, 2.24) is 5.32 Å². The van der Waals surface area contributed by atoms with Crippen molar-refractivity contribution < 1.29 is 14.3 Å². The maximum Gasteiger partial charge on any atom is 0.307 e. The van der Waals surface area contributed by atoms with Gasteiger partial charge in [-0.1, -0.05) is 24.6 Å². The van der Waals surface area contributed by atoms with Gasteiger partial charge in [0, 0.05) is 11.6 Å². The third-order valence-electron chi connectivity index (χ3n) is 3.10. The summed E-state index contributed by atoms with van der Waals surface area (Å²) >= 11 is 0. The van der Waals surface area contributed by atoms with Gasteiger partial charge in [-0.3, -0.25) is 9.59 Å². The number of methoxy groups -OCH3 is 1. The molecule has 0 aliphatic carbocycles. The van der Waals surface area contributed by atoms with E-state index < -0.39 is 0 Å². The molecule has 104 valence electrons. The molecule has 0 saturated heterocycles. The lowest BCUT2D eigenvalue weighted by Gasteiger charge is -2.16. The molecule has 0 aliphatic heterocycles. The Morgan fingerprint density at radius 3 is 2.53 bits per heavy atom. The van der Waals surface area contributed by atoms with Crippen molar-refractivity contribution in [2.24, 2.45) is 0 Å². The lowest BCUT2D eigenvalue weighted by Crippen LogP contribution is -2.36. The van der Waals surface area contributed by atoms with E-state index in [1.807, 2.05) is 39.0 Å². The topological polar surface area (TPSA) is 55.4 Å². The molecule has 1 N–H and O–H groups in total. The molecular weight excluding hydrogens is 242 g/mol. The summed E-state index contributed by atoms with van der Waals surface area (Å²) in [5, 5.41) is 2.87. The monoisotopic (exact) mass is 263 g/mol. The second-order valence-electron chi connectivity index (χ2n) is 4.68. The molecule has 1 aromatic rings. The third-order valence-corrected chi connectivity index (χ3v) is 3.10. The van der Waals surface area contributed by atoms with Crippen LogP contribution in [0.4, 0.5) is 0 Å². The number of hydrogen-bond donors (Lipinski definition) is 1. The molecule has 0 spiro atoms. The second kappa shape index (κ2) is 6.92. The molecule has 1 unspecified atom stereocenters. The largest absolute Gasteiger partial charge is 0.469 e. The first-order chi connectivity index (χ1) is 8.97. The van der Waals surface area contributed by atoms with Gasteiger partial charge in [-0.05, 0) is 31.9 Å². The maximum absolute atomic E-state index is 12.2. The average Bonchev–Trinajstić information content (AvgIpc) is 2.37. The zero-order chi connectivity index (χ0) is 14.4. The lowest BCUT2D eigenvalue weighted by molar-refractivity contribution is -0.141. The van der Waals surface area contributed by atoms with Gasteiger partial charge in [0.1, 0.15) is 0 Å². The van der Waals surface area contributed by atoms with Gasteiger partial charge >= 0.3 is 5.97 Å². The summed E-state index contributed by atoms with van der Waals surface area (Å²) < 4.78 is 4.62. The van der Waals surface area contributed by atoms with Gasteiger partial charge in [-0.2, -0.15) is 0 Å². The van der Waals surface area contributed by atoms with Gasteiger partial charge in [0.05, 0.1) is 13.5 Å². The Bertz CT molecular complexity index is 468. The van der Waals surface area contributed by atoms with Gasteiger partial charge in [0.2, 0.25) is 0 Å². The summed E-state index contributed by atoms with van der Waals surface area (Å²) in [4.78, 5) is 23.4. The van der Waals surface area contributed by atoms with Crippen LogP contribution in [0.25, 0.3) is 0 Å². The molecule has 4 nitrogen and oxygen atoms in total. The fraction of sp³-hybridized carbons (Fsp3) is 0.467. The van der Waals surface area contributed by atoms with E-state index in [-0.39, 0.29) is 24.3 Å². The molecule has 0 heterocycles. The van der Waals surface area contributed by atoms with Crippen molar-refractivity contribution in [3.8, 4) is 0 Å². The summed E-state index contributed by atoms with van der Waals surface area (Å²) in [6, 6.07) is 5.49. The van der Waals surface area contributed by atoms with Crippen LogP contribution in [0.2, 0.25) is 0 Å². The fourth-order valence-electron chi connectivity index (χ4n) is 1.91. The Hall–Kier alpha value is -1.84. The molecule has 19 heavy (non-hydrogen) atoms. The number of aryl methyl sites for hydroxylation is 2. The molecular formula is C15H21NO3. The average molecular weight is 263 g/mol. The Morgan fingerprint density at radius 1 is 1.32 bits per heavy atom. The predicted molar refractivity (Wildman–Crippen MR) is 74.1 cm³/mol. The van der Waals surface area contributed by atoms with Gasteiger partial charge in [0.15, 0.2) is 0 Å². The molecule has 0 bridgehead atoms. The van der Waals surface area contributed by atoms with Crippen molar-refractivity contribution in [2.75, 3.05) is 7.11 Å². The van der Waals surface area contributed by atoms with Crippen LogP contribution in [0, 0.1) is 13.8 Å². The van der Waals surface area contributed by atoms with Crippen molar-refractivity contribution in [2.45, 2.75) is 39.7 Å². The molecule has 0 saturated carbocycles. The van der Waals surface area contributed by atoms with Gasteiger partial charge in [0.25, 0.3) is 5.91 Å². The standard InChI is InChI=1S/C15H21NO3/c1-5-12(9-14(17)19-4)16-15(18)13-7-6-10(2)8-11(13)3/h6-8,12H,5,9H2,1-4H3,(H,16,18). The first-order valence-corrected chi connectivity index (χ1v) is 6.42.